The second-order valence-corrected chi connectivity index (χ2v) is 24.7. The Bertz CT molecular complexity index is 2620. The van der Waals surface area contributed by atoms with Gasteiger partial charge in [0.2, 0.25) is 11.8 Å². The largest absolute Gasteiger partial charge is 0.492 e. The van der Waals surface area contributed by atoms with Crippen LogP contribution in [0.2, 0.25) is 5.02 Å². The maximum Gasteiger partial charge on any atom is 0.244 e. The topological polar surface area (TPSA) is 169 Å². The monoisotopic (exact) mass is 1040 g/mol. The molecule has 0 radical (unpaired) electrons. The molecule has 4 heterocycles. The summed E-state index contributed by atoms with van der Waals surface area (Å²) in [6, 6.07) is 20.0. The van der Waals surface area contributed by atoms with E-state index in [9.17, 15) is 23.3 Å². The van der Waals surface area contributed by atoms with Crippen LogP contribution >= 0.6 is 11.6 Å². The summed E-state index contributed by atoms with van der Waals surface area (Å²) in [5.74, 6) is 2.31. The number of carbonyl (C=O) groups is 2. The molecular formula is C56H77ClN8O7S. The van der Waals surface area contributed by atoms with Crippen molar-refractivity contribution in [2.75, 3.05) is 78.3 Å². The Hall–Kier alpha value is -4.73. The third-order valence-electron chi connectivity index (χ3n) is 15.9. The molecule has 1 aliphatic carbocycles. The molecule has 4 atom stereocenters. The number of ether oxygens (including phenoxy) is 3. The van der Waals surface area contributed by atoms with E-state index in [0.29, 0.717) is 58.8 Å². The van der Waals surface area contributed by atoms with Gasteiger partial charge < -0.3 is 29.7 Å². The Morgan fingerprint density at radius 1 is 0.918 bits per heavy atom. The zero-order chi connectivity index (χ0) is 52.1. The SMILES string of the molecule is CCCCCCCN1CC(C(=O)NC2C(C)(C)C(Oc3ccc(C#N)c(Cl)c3)C2(C)C)CNC1N1CCN(CCOc2cccc(Oc3ccc(CS(=O)(=O)CC)cc3C3=CN(C)C(=O)C4NCCC34)c2)CC1. The molecule has 3 aromatic rings. The number of hydrogen-bond acceptors (Lipinski definition) is 13. The number of halogens is 1. The first-order valence-corrected chi connectivity index (χ1v) is 28.7. The summed E-state index contributed by atoms with van der Waals surface area (Å²) in [7, 11) is -1.52. The minimum Gasteiger partial charge on any atom is -0.492 e. The van der Waals surface area contributed by atoms with Crippen LogP contribution in [-0.4, -0.2) is 143 Å². The number of rotatable bonds is 21. The molecule has 3 N–H and O–H groups in total. The van der Waals surface area contributed by atoms with Crippen LogP contribution in [0.15, 0.2) is 66.9 Å². The number of benzene rings is 3. The molecule has 3 aromatic carbocycles. The van der Waals surface area contributed by atoms with Crippen LogP contribution in [0.25, 0.3) is 5.57 Å². The van der Waals surface area contributed by atoms with Crippen molar-refractivity contribution in [2.45, 2.75) is 110 Å². The average Bonchev–Trinajstić information content (AvgIpc) is 3.87. The van der Waals surface area contributed by atoms with Crippen LogP contribution in [-0.2, 0) is 25.2 Å². The number of nitriles is 1. The van der Waals surface area contributed by atoms with E-state index >= 15 is 0 Å². The van der Waals surface area contributed by atoms with Gasteiger partial charge in [0.05, 0.1) is 28.3 Å². The van der Waals surface area contributed by atoms with Crippen LogP contribution in [0.1, 0.15) is 96.8 Å². The highest BCUT2D eigenvalue weighted by Crippen LogP contribution is 2.56. The van der Waals surface area contributed by atoms with Crippen molar-refractivity contribution in [3.8, 4) is 29.1 Å². The number of hydrogen-bond donors (Lipinski definition) is 3. The maximum atomic E-state index is 14.2. The van der Waals surface area contributed by atoms with Gasteiger partial charge in [-0.1, -0.05) is 91.0 Å². The van der Waals surface area contributed by atoms with Gasteiger partial charge in [0.1, 0.15) is 48.1 Å². The Balaban J connectivity index is 0.848. The van der Waals surface area contributed by atoms with Gasteiger partial charge in [0.15, 0.2) is 9.84 Å². The van der Waals surface area contributed by atoms with E-state index < -0.39 is 9.84 Å². The first-order valence-electron chi connectivity index (χ1n) is 26.5. The van der Waals surface area contributed by atoms with E-state index in [1.807, 2.05) is 48.7 Å². The van der Waals surface area contributed by atoms with Crippen LogP contribution in [0.3, 0.4) is 0 Å². The lowest BCUT2D eigenvalue weighted by atomic mass is 9.49. The molecule has 0 bridgehead atoms. The molecule has 0 aromatic heterocycles. The summed E-state index contributed by atoms with van der Waals surface area (Å²) in [4.78, 5) is 36.3. The summed E-state index contributed by atoms with van der Waals surface area (Å²) in [6.45, 7) is 20.3. The highest BCUT2D eigenvalue weighted by atomic mass is 35.5. The summed E-state index contributed by atoms with van der Waals surface area (Å²) in [5.41, 5.74) is 2.13. The van der Waals surface area contributed by atoms with Crippen molar-refractivity contribution in [3.05, 3.63) is 88.6 Å². The van der Waals surface area contributed by atoms with E-state index in [2.05, 4.69) is 71.3 Å². The van der Waals surface area contributed by atoms with E-state index in [4.69, 9.17) is 25.8 Å². The van der Waals surface area contributed by atoms with Gasteiger partial charge in [0.25, 0.3) is 0 Å². The second kappa shape index (κ2) is 23.4. The molecule has 4 aliphatic heterocycles. The number of sulfone groups is 1. The van der Waals surface area contributed by atoms with E-state index in [1.165, 1.54) is 25.7 Å². The minimum absolute atomic E-state index is 0.0212. The third kappa shape index (κ3) is 12.5. The highest BCUT2D eigenvalue weighted by Gasteiger charge is 2.64. The summed E-state index contributed by atoms with van der Waals surface area (Å²) in [6.07, 6.45) is 8.46. The second-order valence-electron chi connectivity index (χ2n) is 21.9. The molecule has 2 amide bonds. The molecule has 0 spiro atoms. The third-order valence-corrected chi connectivity index (χ3v) is 17.9. The molecule has 15 nitrogen and oxygen atoms in total. The van der Waals surface area contributed by atoms with Crippen molar-refractivity contribution in [3.63, 3.8) is 0 Å². The fourth-order valence-electron chi connectivity index (χ4n) is 12.1. The standard InChI is InChI=1S/C56H77ClN8O7S/c1-8-10-11-12-13-23-65-35-40(50(66)61-52-55(3,4)53(56(52,5)6)72-43-19-18-39(33-58)47(57)32-43)34-60-54(65)64-26-24-63(25-27-64)28-29-70-41-15-14-16-42(31-41)71-48-20-17-38(37-73(68,69)9-2)30-45(48)46-36-62(7)51(67)49-44(46)21-22-59-49/h14-20,30-32,36,40,44,49,52-54,59-60H,8-13,21-29,34-35,37H2,1-7H3,(H,61,66). The normalized spacial score (nSPS) is 25.3. The van der Waals surface area contributed by atoms with Gasteiger partial charge in [-0.2, -0.15) is 5.26 Å². The van der Waals surface area contributed by atoms with E-state index in [1.54, 1.807) is 37.1 Å². The summed E-state index contributed by atoms with van der Waals surface area (Å²) in [5, 5.41) is 20.3. The Morgan fingerprint density at radius 3 is 2.40 bits per heavy atom. The zero-order valence-electron chi connectivity index (χ0n) is 43.9. The Morgan fingerprint density at radius 2 is 1.67 bits per heavy atom. The molecule has 4 fully saturated rings. The maximum absolute atomic E-state index is 14.2. The number of piperazine rings is 1. The predicted octanol–water partition coefficient (Wildman–Crippen LogP) is 7.50. The number of nitrogens with one attached hydrogen (secondary N) is 3. The molecular weight excluding hydrogens is 964 g/mol. The smallest absolute Gasteiger partial charge is 0.244 e. The van der Waals surface area contributed by atoms with Gasteiger partial charge in [-0.15, -0.1) is 0 Å². The van der Waals surface area contributed by atoms with Crippen molar-refractivity contribution in [2.24, 2.45) is 22.7 Å². The van der Waals surface area contributed by atoms with E-state index in [-0.39, 0.29) is 70.5 Å². The van der Waals surface area contributed by atoms with Crippen LogP contribution in [0, 0.1) is 34.0 Å². The summed E-state index contributed by atoms with van der Waals surface area (Å²) < 4.78 is 44.8. The number of carbonyl (C=O) groups excluding carboxylic acids is 2. The molecule has 1 saturated carbocycles. The lowest BCUT2D eigenvalue weighted by molar-refractivity contribution is -0.175. The number of unbranched alkanes of at least 4 members (excludes halogenated alkanes) is 4. The molecule has 17 heteroatoms. The zero-order valence-corrected chi connectivity index (χ0v) is 45.5. The number of likely N-dealkylation sites (N-methyl/N-ethyl adjacent to an activating group) is 1. The molecule has 4 unspecified atom stereocenters. The Labute approximate surface area is 438 Å². The lowest BCUT2D eigenvalue weighted by Crippen LogP contribution is -2.75. The van der Waals surface area contributed by atoms with Crippen LogP contribution in [0.5, 0.6) is 23.0 Å². The van der Waals surface area contributed by atoms with Gasteiger partial charge in [0, 0.05) is 112 Å². The fraction of sp³-hybridized carbons (Fsp3) is 0.589. The molecule has 396 valence electrons. The van der Waals surface area contributed by atoms with Crippen molar-refractivity contribution >= 4 is 38.8 Å². The quantitative estimate of drug-likeness (QED) is 0.0899. The molecule has 5 aliphatic rings. The van der Waals surface area contributed by atoms with Crippen molar-refractivity contribution < 1.29 is 32.2 Å². The van der Waals surface area contributed by atoms with Crippen LogP contribution in [0.4, 0.5) is 0 Å². The number of nitrogens with zero attached hydrogens (tertiary/aromatic N) is 5. The van der Waals surface area contributed by atoms with Crippen molar-refractivity contribution in [1.29, 1.82) is 5.26 Å². The van der Waals surface area contributed by atoms with Gasteiger partial charge in [-0.25, -0.2) is 8.42 Å². The van der Waals surface area contributed by atoms with Gasteiger partial charge in [-0.3, -0.25) is 29.6 Å². The Kier molecular flexibility index (Phi) is 17.5. The van der Waals surface area contributed by atoms with Gasteiger partial charge >= 0.3 is 0 Å². The molecule has 73 heavy (non-hydrogen) atoms. The summed E-state index contributed by atoms with van der Waals surface area (Å²) >= 11 is 6.34. The predicted molar refractivity (Wildman–Crippen MR) is 286 cm³/mol. The fourth-order valence-corrected chi connectivity index (χ4v) is 13.2. The van der Waals surface area contributed by atoms with Gasteiger partial charge in [-0.05, 0) is 66.9 Å². The highest BCUT2D eigenvalue weighted by molar-refractivity contribution is 7.90. The first kappa shape index (κ1) is 54.5. The first-order chi connectivity index (χ1) is 34.9. The van der Waals surface area contributed by atoms with Crippen molar-refractivity contribution in [1.82, 2.24) is 35.6 Å². The lowest BCUT2D eigenvalue weighted by Gasteiger charge is -2.63. The van der Waals surface area contributed by atoms with Crippen LogP contribution < -0.4 is 30.2 Å². The minimum atomic E-state index is -3.28. The number of fused-ring (bicyclic) bond motifs is 1. The van der Waals surface area contributed by atoms with E-state index in [0.717, 1.165) is 69.8 Å². The molecule has 8 rings (SSSR count). The number of amides is 2. The average molecular weight is 1040 g/mol. The molecule has 3 saturated heterocycles.